The van der Waals surface area contributed by atoms with Gasteiger partial charge >= 0.3 is 5.97 Å². The summed E-state index contributed by atoms with van der Waals surface area (Å²) in [4.78, 5) is 23.2. The second kappa shape index (κ2) is 6.38. The van der Waals surface area contributed by atoms with Gasteiger partial charge in [-0.1, -0.05) is 15.9 Å². The molecule has 2 aromatic rings. The standard InChI is InChI=1S/C14H12BrNO4/c1-9-2-7-12(20-9)14(18)19-8-13(17)16-11-5-3-10(15)4-6-11/h2-7H,8H2,1H3,(H,16,17). The number of halogens is 1. The maximum absolute atomic E-state index is 11.6. The van der Waals surface area contributed by atoms with Gasteiger partial charge in [-0.15, -0.1) is 0 Å². The normalized spacial score (nSPS) is 10.1. The molecule has 6 heteroatoms. The van der Waals surface area contributed by atoms with Crippen molar-refractivity contribution >= 4 is 33.5 Å². The number of furan rings is 1. The smallest absolute Gasteiger partial charge is 0.374 e. The molecule has 0 saturated carbocycles. The SMILES string of the molecule is Cc1ccc(C(=O)OCC(=O)Nc2ccc(Br)cc2)o1. The summed E-state index contributed by atoms with van der Waals surface area (Å²) in [5.41, 5.74) is 0.628. The monoisotopic (exact) mass is 337 g/mol. The number of benzene rings is 1. The molecule has 0 unspecified atom stereocenters. The maximum Gasteiger partial charge on any atom is 0.374 e. The van der Waals surface area contributed by atoms with Gasteiger partial charge in [0.25, 0.3) is 5.91 Å². The van der Waals surface area contributed by atoms with Crippen molar-refractivity contribution in [2.24, 2.45) is 0 Å². The first-order valence-corrected chi connectivity index (χ1v) is 6.63. The van der Waals surface area contributed by atoms with Gasteiger partial charge in [-0.3, -0.25) is 4.79 Å². The van der Waals surface area contributed by atoms with Crippen LogP contribution in [-0.2, 0) is 9.53 Å². The third-order valence-electron chi connectivity index (χ3n) is 2.40. The highest BCUT2D eigenvalue weighted by molar-refractivity contribution is 9.10. The molecule has 0 spiro atoms. The number of esters is 1. The van der Waals surface area contributed by atoms with Crippen LogP contribution < -0.4 is 5.32 Å². The Bertz CT molecular complexity index is 618. The van der Waals surface area contributed by atoms with Crippen LogP contribution in [0.25, 0.3) is 0 Å². The van der Waals surface area contributed by atoms with Crippen LogP contribution in [0.2, 0.25) is 0 Å². The van der Waals surface area contributed by atoms with Crippen molar-refractivity contribution in [2.75, 3.05) is 11.9 Å². The highest BCUT2D eigenvalue weighted by Gasteiger charge is 2.13. The lowest BCUT2D eigenvalue weighted by Crippen LogP contribution is -2.20. The summed E-state index contributed by atoms with van der Waals surface area (Å²) < 4.78 is 10.9. The number of anilines is 1. The average Bonchev–Trinajstić information content (AvgIpc) is 2.85. The first-order valence-electron chi connectivity index (χ1n) is 5.83. The molecule has 104 valence electrons. The first kappa shape index (κ1) is 14.3. The minimum Gasteiger partial charge on any atom is -0.454 e. The average molecular weight is 338 g/mol. The molecule has 0 aliphatic heterocycles. The van der Waals surface area contributed by atoms with E-state index in [2.05, 4.69) is 21.2 Å². The Balaban J connectivity index is 1.83. The van der Waals surface area contributed by atoms with E-state index in [1.807, 2.05) is 0 Å². The maximum atomic E-state index is 11.6. The predicted molar refractivity (Wildman–Crippen MR) is 76.5 cm³/mol. The lowest BCUT2D eigenvalue weighted by atomic mass is 10.3. The molecular weight excluding hydrogens is 326 g/mol. The molecule has 1 heterocycles. The minimum absolute atomic E-state index is 0.0824. The van der Waals surface area contributed by atoms with Crippen molar-refractivity contribution in [1.82, 2.24) is 0 Å². The largest absolute Gasteiger partial charge is 0.454 e. The zero-order chi connectivity index (χ0) is 14.5. The Labute approximate surface area is 124 Å². The van der Waals surface area contributed by atoms with Crippen molar-refractivity contribution in [1.29, 1.82) is 0 Å². The van der Waals surface area contributed by atoms with Gasteiger partial charge in [-0.05, 0) is 43.3 Å². The second-order valence-corrected chi connectivity index (χ2v) is 4.96. The molecule has 1 amide bonds. The molecular formula is C14H12BrNO4. The van der Waals surface area contributed by atoms with Gasteiger partial charge in [0.15, 0.2) is 6.61 Å². The number of nitrogens with one attached hydrogen (secondary N) is 1. The number of carbonyl (C=O) groups excluding carboxylic acids is 2. The molecule has 0 fully saturated rings. The van der Waals surface area contributed by atoms with Crippen molar-refractivity contribution in [3.8, 4) is 0 Å². The summed E-state index contributed by atoms with van der Waals surface area (Å²) in [5.74, 6) is -0.386. The van der Waals surface area contributed by atoms with Crippen LogP contribution in [0.1, 0.15) is 16.3 Å². The summed E-state index contributed by atoms with van der Waals surface area (Å²) in [6.07, 6.45) is 0. The Morgan fingerprint density at radius 3 is 2.50 bits per heavy atom. The van der Waals surface area contributed by atoms with E-state index in [-0.39, 0.29) is 12.4 Å². The summed E-state index contributed by atoms with van der Waals surface area (Å²) in [7, 11) is 0. The molecule has 0 aliphatic carbocycles. The molecule has 1 N–H and O–H groups in total. The fourth-order valence-corrected chi connectivity index (χ4v) is 1.74. The summed E-state index contributed by atoms with van der Waals surface area (Å²) in [6.45, 7) is 1.35. The molecule has 0 radical (unpaired) electrons. The fraction of sp³-hybridized carbons (Fsp3) is 0.143. The highest BCUT2D eigenvalue weighted by Crippen LogP contribution is 2.14. The summed E-state index contributed by atoms with van der Waals surface area (Å²) >= 11 is 3.30. The van der Waals surface area contributed by atoms with E-state index >= 15 is 0 Å². The number of hydrogen-bond acceptors (Lipinski definition) is 4. The molecule has 2 rings (SSSR count). The summed E-state index contributed by atoms with van der Waals surface area (Å²) in [6, 6.07) is 10.2. The van der Waals surface area contributed by atoms with Crippen LogP contribution >= 0.6 is 15.9 Å². The van der Waals surface area contributed by atoms with Gasteiger partial charge in [-0.2, -0.15) is 0 Å². The van der Waals surface area contributed by atoms with Gasteiger partial charge in [0.2, 0.25) is 5.76 Å². The molecule has 1 aromatic carbocycles. The van der Waals surface area contributed by atoms with E-state index in [4.69, 9.17) is 9.15 Å². The lowest BCUT2D eigenvalue weighted by molar-refractivity contribution is -0.119. The molecule has 0 aliphatic rings. The molecule has 0 saturated heterocycles. The van der Waals surface area contributed by atoms with Gasteiger partial charge in [0, 0.05) is 10.2 Å². The van der Waals surface area contributed by atoms with Crippen LogP contribution in [-0.4, -0.2) is 18.5 Å². The van der Waals surface area contributed by atoms with Crippen molar-refractivity contribution in [3.05, 3.63) is 52.4 Å². The number of aryl methyl sites for hydroxylation is 1. The van der Waals surface area contributed by atoms with Crippen LogP contribution in [0.15, 0.2) is 45.3 Å². The number of carbonyl (C=O) groups is 2. The first-order chi connectivity index (χ1) is 9.54. The Hall–Kier alpha value is -2.08. The number of hydrogen-bond donors (Lipinski definition) is 1. The number of rotatable bonds is 4. The lowest BCUT2D eigenvalue weighted by Gasteiger charge is -2.05. The van der Waals surface area contributed by atoms with E-state index in [9.17, 15) is 9.59 Å². The van der Waals surface area contributed by atoms with Gasteiger partial charge in [0.1, 0.15) is 5.76 Å². The van der Waals surface area contributed by atoms with Crippen molar-refractivity contribution < 1.29 is 18.7 Å². The third-order valence-corrected chi connectivity index (χ3v) is 2.93. The predicted octanol–water partition coefficient (Wildman–Crippen LogP) is 3.15. The van der Waals surface area contributed by atoms with Crippen LogP contribution in [0.4, 0.5) is 5.69 Å². The summed E-state index contributed by atoms with van der Waals surface area (Å²) in [5, 5.41) is 2.61. The van der Waals surface area contributed by atoms with E-state index in [0.29, 0.717) is 11.4 Å². The molecule has 5 nitrogen and oxygen atoms in total. The third kappa shape index (κ3) is 3.96. The minimum atomic E-state index is -0.663. The second-order valence-electron chi connectivity index (χ2n) is 4.04. The Morgan fingerprint density at radius 1 is 1.20 bits per heavy atom. The quantitative estimate of drug-likeness (QED) is 0.870. The van der Waals surface area contributed by atoms with E-state index in [0.717, 1.165) is 4.47 Å². The zero-order valence-corrected chi connectivity index (χ0v) is 12.3. The van der Waals surface area contributed by atoms with Gasteiger partial charge < -0.3 is 14.5 Å². The van der Waals surface area contributed by atoms with Gasteiger partial charge in [0.05, 0.1) is 0 Å². The fourth-order valence-electron chi connectivity index (χ4n) is 1.48. The Kier molecular flexibility index (Phi) is 4.57. The number of ether oxygens (including phenoxy) is 1. The highest BCUT2D eigenvalue weighted by atomic mass is 79.9. The van der Waals surface area contributed by atoms with Crippen molar-refractivity contribution in [2.45, 2.75) is 6.92 Å². The van der Waals surface area contributed by atoms with Crippen LogP contribution in [0, 0.1) is 6.92 Å². The van der Waals surface area contributed by atoms with Gasteiger partial charge in [-0.25, -0.2) is 4.79 Å². The van der Waals surface area contributed by atoms with Crippen LogP contribution in [0.5, 0.6) is 0 Å². The van der Waals surface area contributed by atoms with E-state index in [1.165, 1.54) is 6.07 Å². The van der Waals surface area contributed by atoms with E-state index in [1.54, 1.807) is 37.3 Å². The molecule has 0 atom stereocenters. The van der Waals surface area contributed by atoms with Crippen molar-refractivity contribution in [3.63, 3.8) is 0 Å². The molecule has 1 aromatic heterocycles. The molecule has 0 bridgehead atoms. The zero-order valence-electron chi connectivity index (χ0n) is 10.7. The Morgan fingerprint density at radius 2 is 1.90 bits per heavy atom. The van der Waals surface area contributed by atoms with E-state index < -0.39 is 11.9 Å². The topological polar surface area (TPSA) is 68.5 Å². The number of amides is 1. The molecule has 20 heavy (non-hydrogen) atoms. The van der Waals surface area contributed by atoms with Crippen LogP contribution in [0.3, 0.4) is 0 Å².